The largest absolute Gasteiger partial charge is 0.457 e. The van der Waals surface area contributed by atoms with Crippen LogP contribution >= 0.6 is 0 Å². The average molecular weight is 450 g/mol. The van der Waals surface area contributed by atoms with Crippen LogP contribution in [0, 0.1) is 11.8 Å². The molecule has 0 unspecified atom stereocenters. The summed E-state index contributed by atoms with van der Waals surface area (Å²) in [6.07, 6.45) is 5.43. The summed E-state index contributed by atoms with van der Waals surface area (Å²) in [5.41, 5.74) is 0.618. The van der Waals surface area contributed by atoms with Gasteiger partial charge in [0, 0.05) is 23.8 Å². The molecule has 3 fully saturated rings. The third-order valence-electron chi connectivity index (χ3n) is 7.04. The molecule has 5 rings (SSSR count). The molecule has 33 heavy (non-hydrogen) atoms. The first-order chi connectivity index (χ1) is 16.2. The predicted molar refractivity (Wildman–Crippen MR) is 123 cm³/mol. The Bertz CT molecular complexity index is 971. The molecule has 4 atom stereocenters. The second-order valence-electron chi connectivity index (χ2n) is 9.38. The Morgan fingerprint density at radius 2 is 1.64 bits per heavy atom. The molecule has 2 aromatic carbocycles. The van der Waals surface area contributed by atoms with Gasteiger partial charge in [0.25, 0.3) is 0 Å². The van der Waals surface area contributed by atoms with Gasteiger partial charge in [-0.15, -0.1) is 0 Å². The fraction of sp³-hybridized carbons (Fsp3) is 0.481. The van der Waals surface area contributed by atoms with Crippen molar-refractivity contribution in [3.8, 4) is 11.5 Å². The second-order valence-corrected chi connectivity index (χ2v) is 9.38. The summed E-state index contributed by atoms with van der Waals surface area (Å²) >= 11 is 0. The van der Waals surface area contributed by atoms with Gasteiger partial charge in [0.2, 0.25) is 5.91 Å². The number of ketones is 1. The minimum Gasteiger partial charge on any atom is -0.457 e. The molecule has 2 heterocycles. The molecule has 1 amide bonds. The molecular formula is C27H31NO5. The summed E-state index contributed by atoms with van der Waals surface area (Å²) in [4.78, 5) is 25.7. The van der Waals surface area contributed by atoms with Crippen LogP contribution in [0.3, 0.4) is 0 Å². The monoisotopic (exact) mass is 449 g/mol. The lowest BCUT2D eigenvalue weighted by molar-refractivity contribution is -0.127. The van der Waals surface area contributed by atoms with Crippen LogP contribution in [-0.2, 0) is 14.3 Å². The highest BCUT2D eigenvalue weighted by Gasteiger charge is 2.48. The van der Waals surface area contributed by atoms with Crippen molar-refractivity contribution in [2.45, 2.75) is 56.8 Å². The average Bonchev–Trinajstić information content (AvgIpc) is 3.44. The van der Waals surface area contributed by atoms with Gasteiger partial charge in [-0.2, -0.15) is 0 Å². The van der Waals surface area contributed by atoms with E-state index in [4.69, 9.17) is 14.2 Å². The van der Waals surface area contributed by atoms with Crippen molar-refractivity contribution < 1.29 is 23.8 Å². The number of fused-ring (bicyclic) bond motifs is 1. The normalized spacial score (nSPS) is 27.2. The fourth-order valence-corrected chi connectivity index (χ4v) is 5.26. The summed E-state index contributed by atoms with van der Waals surface area (Å²) in [6.45, 7) is 0.913. The summed E-state index contributed by atoms with van der Waals surface area (Å²) in [5.74, 6) is 1.63. The van der Waals surface area contributed by atoms with Gasteiger partial charge >= 0.3 is 0 Å². The molecule has 0 radical (unpaired) electrons. The van der Waals surface area contributed by atoms with Gasteiger partial charge in [-0.05, 0) is 37.1 Å². The molecule has 0 bridgehead atoms. The molecule has 0 spiro atoms. The van der Waals surface area contributed by atoms with E-state index in [0.29, 0.717) is 30.9 Å². The Balaban J connectivity index is 1.17. The van der Waals surface area contributed by atoms with Crippen LogP contribution in [-0.4, -0.2) is 43.2 Å². The minimum atomic E-state index is -0.178. The first kappa shape index (κ1) is 22.1. The van der Waals surface area contributed by atoms with Gasteiger partial charge in [0.1, 0.15) is 17.6 Å². The van der Waals surface area contributed by atoms with E-state index in [2.05, 4.69) is 5.32 Å². The van der Waals surface area contributed by atoms with Crippen LogP contribution in [0.4, 0.5) is 0 Å². The highest BCUT2D eigenvalue weighted by molar-refractivity contribution is 5.96. The molecule has 1 saturated carbocycles. The lowest BCUT2D eigenvalue weighted by Gasteiger charge is -2.24. The molecular weight excluding hydrogens is 418 g/mol. The number of hydrogen-bond donors (Lipinski definition) is 1. The van der Waals surface area contributed by atoms with E-state index < -0.39 is 0 Å². The lowest BCUT2D eigenvalue weighted by Crippen LogP contribution is -2.46. The van der Waals surface area contributed by atoms with Crippen LogP contribution in [0.15, 0.2) is 54.6 Å². The Hall–Kier alpha value is -2.70. The number of carbonyl (C=O) groups is 2. The molecule has 2 saturated heterocycles. The molecule has 174 valence electrons. The van der Waals surface area contributed by atoms with Crippen LogP contribution in [0.5, 0.6) is 11.5 Å². The van der Waals surface area contributed by atoms with Crippen LogP contribution in [0.1, 0.15) is 48.9 Å². The lowest BCUT2D eigenvalue weighted by atomic mass is 9.88. The van der Waals surface area contributed by atoms with E-state index in [1.807, 2.05) is 48.5 Å². The first-order valence-corrected chi connectivity index (χ1v) is 12.1. The number of ether oxygens (including phenoxy) is 3. The van der Waals surface area contributed by atoms with Crippen molar-refractivity contribution in [2.24, 2.45) is 11.8 Å². The molecule has 2 aliphatic heterocycles. The molecule has 2 aromatic rings. The first-order valence-electron chi connectivity index (χ1n) is 12.1. The summed E-state index contributed by atoms with van der Waals surface area (Å²) in [6, 6.07) is 16.7. The third kappa shape index (κ3) is 5.12. The van der Waals surface area contributed by atoms with Gasteiger partial charge in [0.15, 0.2) is 5.78 Å². The zero-order valence-electron chi connectivity index (χ0n) is 18.8. The number of rotatable bonds is 7. The van der Waals surface area contributed by atoms with Gasteiger partial charge in [-0.25, -0.2) is 0 Å². The number of nitrogens with one attached hydrogen (secondary N) is 1. The van der Waals surface area contributed by atoms with Gasteiger partial charge in [-0.3, -0.25) is 9.59 Å². The smallest absolute Gasteiger partial charge is 0.223 e. The van der Waals surface area contributed by atoms with E-state index in [0.717, 1.165) is 31.4 Å². The second kappa shape index (κ2) is 10.1. The standard InChI is InChI=1S/C27H31NO5/c29-24(19-10-7-13-22(14-19)33-21-11-5-2-6-12-21)15-20-16-31-26-23(17-32-25(20)26)28-27(30)18-8-3-1-4-9-18/h2,5-7,10-14,18,20,23,25-26H,1,3-4,8-9,15-17H2,(H,28,30)/t20-,23-,25+,26+/m0/s1. The van der Waals surface area contributed by atoms with E-state index in [9.17, 15) is 9.59 Å². The molecule has 1 aliphatic carbocycles. The topological polar surface area (TPSA) is 73.9 Å². The zero-order valence-corrected chi connectivity index (χ0v) is 18.8. The third-order valence-corrected chi connectivity index (χ3v) is 7.04. The van der Waals surface area contributed by atoms with Crippen LogP contribution in [0.25, 0.3) is 0 Å². The van der Waals surface area contributed by atoms with E-state index >= 15 is 0 Å². The van der Waals surface area contributed by atoms with Crippen molar-refractivity contribution in [1.29, 1.82) is 0 Å². The maximum atomic E-state index is 13.0. The summed E-state index contributed by atoms with van der Waals surface area (Å²) < 4.78 is 17.9. The Kier molecular flexibility index (Phi) is 6.74. The molecule has 3 aliphatic rings. The number of carbonyl (C=O) groups excluding carboxylic acids is 2. The highest BCUT2D eigenvalue weighted by Crippen LogP contribution is 2.35. The maximum absolute atomic E-state index is 13.0. The molecule has 0 aromatic heterocycles. The SMILES string of the molecule is O=C(C[C@H]1CO[C@H]2[C@@H]1OC[C@@H]2NC(=O)C1CCCCC1)c1cccc(Oc2ccccc2)c1. The molecule has 1 N–H and O–H groups in total. The highest BCUT2D eigenvalue weighted by atomic mass is 16.6. The number of amides is 1. The minimum absolute atomic E-state index is 0.0159. The van der Waals surface area contributed by atoms with Crippen molar-refractivity contribution in [3.63, 3.8) is 0 Å². The fourth-order valence-electron chi connectivity index (χ4n) is 5.26. The van der Waals surface area contributed by atoms with Crippen molar-refractivity contribution in [3.05, 3.63) is 60.2 Å². The number of benzene rings is 2. The van der Waals surface area contributed by atoms with Crippen molar-refractivity contribution >= 4 is 11.7 Å². The molecule has 6 nitrogen and oxygen atoms in total. The number of Topliss-reactive ketones (excluding diaryl/α,β-unsaturated/α-hetero) is 1. The summed E-state index contributed by atoms with van der Waals surface area (Å²) in [5, 5.41) is 3.17. The van der Waals surface area contributed by atoms with E-state index in [1.54, 1.807) is 6.07 Å². The van der Waals surface area contributed by atoms with Crippen LogP contribution < -0.4 is 10.1 Å². The van der Waals surface area contributed by atoms with E-state index in [1.165, 1.54) is 6.42 Å². The number of hydrogen-bond acceptors (Lipinski definition) is 5. The quantitative estimate of drug-likeness (QED) is 0.629. The van der Waals surface area contributed by atoms with Gasteiger partial charge < -0.3 is 19.5 Å². The van der Waals surface area contributed by atoms with Crippen LogP contribution in [0.2, 0.25) is 0 Å². The van der Waals surface area contributed by atoms with Gasteiger partial charge in [-0.1, -0.05) is 49.6 Å². The van der Waals surface area contributed by atoms with Crippen molar-refractivity contribution in [2.75, 3.05) is 13.2 Å². The summed E-state index contributed by atoms with van der Waals surface area (Å²) in [7, 11) is 0. The molecule has 6 heteroatoms. The Labute approximate surface area is 194 Å². The predicted octanol–water partition coefficient (Wildman–Crippen LogP) is 4.53. The Morgan fingerprint density at radius 3 is 2.45 bits per heavy atom. The van der Waals surface area contributed by atoms with Gasteiger partial charge in [0.05, 0.1) is 25.4 Å². The zero-order chi connectivity index (χ0) is 22.6. The van der Waals surface area contributed by atoms with Crippen molar-refractivity contribution in [1.82, 2.24) is 5.32 Å². The Morgan fingerprint density at radius 1 is 0.879 bits per heavy atom. The van der Waals surface area contributed by atoms with E-state index in [-0.39, 0.29) is 41.8 Å². The maximum Gasteiger partial charge on any atom is 0.223 e. The number of para-hydroxylation sites is 1.